The zero-order valence-electron chi connectivity index (χ0n) is 10.7. The van der Waals surface area contributed by atoms with Crippen LogP contribution in [0.5, 0.6) is 11.5 Å². The summed E-state index contributed by atoms with van der Waals surface area (Å²) in [7, 11) is 3.37. The molecule has 0 radical (unpaired) electrons. The van der Waals surface area contributed by atoms with Crippen molar-refractivity contribution in [2.45, 2.75) is 25.7 Å². The maximum atomic E-state index is 5.56. The smallest absolute Gasteiger partial charge is 0.161 e. The monoisotopic (exact) mass is 235 g/mol. The van der Waals surface area contributed by atoms with Crippen molar-refractivity contribution in [2.75, 3.05) is 20.8 Å². The summed E-state index contributed by atoms with van der Waals surface area (Å²) in [5.41, 5.74) is 8.38. The molecule has 0 amide bonds. The second-order valence-electron chi connectivity index (χ2n) is 4.68. The van der Waals surface area contributed by atoms with E-state index in [4.69, 9.17) is 15.2 Å². The highest BCUT2D eigenvalue weighted by atomic mass is 16.5. The average Bonchev–Trinajstić information content (AvgIpc) is 2.76. The number of nitrogens with two attached hydrogens (primary N) is 1. The number of rotatable bonds is 5. The Morgan fingerprint density at radius 3 is 2.06 bits per heavy atom. The minimum Gasteiger partial charge on any atom is -0.493 e. The standard InChI is InChI=1S/C14H21NO2/c1-16-13-8-11-6-10(4-3-5-15)7-12(11)9-14(13)17-2/h8-10H,3-7,15H2,1-2H3. The van der Waals surface area contributed by atoms with Crippen LogP contribution in [0.2, 0.25) is 0 Å². The maximum Gasteiger partial charge on any atom is 0.161 e. The highest BCUT2D eigenvalue weighted by Gasteiger charge is 2.23. The van der Waals surface area contributed by atoms with E-state index in [0.29, 0.717) is 0 Å². The first-order valence-corrected chi connectivity index (χ1v) is 6.22. The van der Waals surface area contributed by atoms with E-state index in [9.17, 15) is 0 Å². The number of ether oxygens (including phenoxy) is 2. The molecule has 2 rings (SSSR count). The Kier molecular flexibility index (Phi) is 3.89. The molecular formula is C14H21NO2. The van der Waals surface area contributed by atoms with Crippen LogP contribution in [0.15, 0.2) is 12.1 Å². The summed E-state index contributed by atoms with van der Waals surface area (Å²) in [4.78, 5) is 0. The molecule has 3 heteroatoms. The zero-order chi connectivity index (χ0) is 12.3. The SMILES string of the molecule is COc1cc2c(cc1OC)CC(CCCN)C2. The largest absolute Gasteiger partial charge is 0.493 e. The molecule has 0 aromatic heterocycles. The van der Waals surface area contributed by atoms with Crippen molar-refractivity contribution < 1.29 is 9.47 Å². The molecule has 1 aromatic carbocycles. The fraction of sp³-hybridized carbons (Fsp3) is 0.571. The van der Waals surface area contributed by atoms with E-state index >= 15 is 0 Å². The molecule has 0 atom stereocenters. The Hall–Kier alpha value is -1.22. The van der Waals surface area contributed by atoms with Gasteiger partial charge in [0.25, 0.3) is 0 Å². The Morgan fingerprint density at radius 1 is 1.12 bits per heavy atom. The van der Waals surface area contributed by atoms with Crippen molar-refractivity contribution in [3.05, 3.63) is 23.3 Å². The molecule has 1 aliphatic rings. The van der Waals surface area contributed by atoms with E-state index in [1.54, 1.807) is 14.2 Å². The molecule has 1 aliphatic carbocycles. The second-order valence-corrected chi connectivity index (χ2v) is 4.68. The zero-order valence-corrected chi connectivity index (χ0v) is 10.7. The van der Waals surface area contributed by atoms with Gasteiger partial charge in [-0.25, -0.2) is 0 Å². The summed E-state index contributed by atoms with van der Waals surface area (Å²) in [5, 5.41) is 0. The number of methoxy groups -OCH3 is 2. The van der Waals surface area contributed by atoms with Gasteiger partial charge in [-0.3, -0.25) is 0 Å². The minimum absolute atomic E-state index is 0.741. The normalized spacial score (nSPS) is 14.8. The molecule has 0 heterocycles. The van der Waals surface area contributed by atoms with Gasteiger partial charge in [0.05, 0.1) is 14.2 Å². The van der Waals surface area contributed by atoms with Gasteiger partial charge in [-0.2, -0.15) is 0 Å². The summed E-state index contributed by atoms with van der Waals surface area (Å²) >= 11 is 0. The quantitative estimate of drug-likeness (QED) is 0.850. The molecule has 0 saturated carbocycles. The lowest BCUT2D eigenvalue weighted by Gasteiger charge is -2.09. The third kappa shape index (κ3) is 2.55. The van der Waals surface area contributed by atoms with Gasteiger partial charge in [-0.15, -0.1) is 0 Å². The van der Waals surface area contributed by atoms with Gasteiger partial charge in [-0.05, 0) is 61.4 Å². The van der Waals surface area contributed by atoms with Crippen molar-refractivity contribution in [2.24, 2.45) is 11.7 Å². The molecule has 0 aliphatic heterocycles. The van der Waals surface area contributed by atoms with Crippen LogP contribution in [-0.2, 0) is 12.8 Å². The average molecular weight is 235 g/mol. The van der Waals surface area contributed by atoms with Crippen molar-refractivity contribution >= 4 is 0 Å². The first kappa shape index (κ1) is 12.2. The molecule has 0 spiro atoms. The predicted octanol–water partition coefficient (Wildman–Crippen LogP) is 2.16. The van der Waals surface area contributed by atoms with Gasteiger partial charge in [0.15, 0.2) is 11.5 Å². The molecule has 1 aromatic rings. The number of hydrogen-bond acceptors (Lipinski definition) is 3. The Balaban J connectivity index is 2.15. The first-order chi connectivity index (χ1) is 8.28. The van der Waals surface area contributed by atoms with Crippen LogP contribution in [0.25, 0.3) is 0 Å². The topological polar surface area (TPSA) is 44.5 Å². The number of fused-ring (bicyclic) bond motifs is 1. The van der Waals surface area contributed by atoms with Crippen LogP contribution < -0.4 is 15.2 Å². The second kappa shape index (κ2) is 5.41. The van der Waals surface area contributed by atoms with E-state index in [0.717, 1.165) is 43.2 Å². The van der Waals surface area contributed by atoms with E-state index < -0.39 is 0 Å². The van der Waals surface area contributed by atoms with Crippen LogP contribution >= 0.6 is 0 Å². The van der Waals surface area contributed by atoms with Crippen molar-refractivity contribution in [3.8, 4) is 11.5 Å². The highest BCUT2D eigenvalue weighted by molar-refractivity contribution is 5.49. The predicted molar refractivity (Wildman–Crippen MR) is 68.7 cm³/mol. The molecular weight excluding hydrogens is 214 g/mol. The molecule has 0 bridgehead atoms. The van der Waals surface area contributed by atoms with Crippen LogP contribution in [-0.4, -0.2) is 20.8 Å². The summed E-state index contributed by atoms with van der Waals surface area (Å²) in [6, 6.07) is 4.24. The van der Waals surface area contributed by atoms with Crippen molar-refractivity contribution in [1.29, 1.82) is 0 Å². The number of hydrogen-bond donors (Lipinski definition) is 1. The lowest BCUT2D eigenvalue weighted by atomic mass is 10.0. The molecule has 2 N–H and O–H groups in total. The molecule has 0 unspecified atom stereocenters. The van der Waals surface area contributed by atoms with Crippen LogP contribution in [0, 0.1) is 5.92 Å². The van der Waals surface area contributed by atoms with Gasteiger partial charge >= 0.3 is 0 Å². The third-order valence-electron chi connectivity index (χ3n) is 3.54. The van der Waals surface area contributed by atoms with Gasteiger partial charge in [-0.1, -0.05) is 0 Å². The Labute approximate surface area is 103 Å². The summed E-state index contributed by atoms with van der Waals surface area (Å²) in [6.07, 6.45) is 4.63. The van der Waals surface area contributed by atoms with E-state index in [1.807, 2.05) is 0 Å². The Bertz CT molecular complexity index is 357. The third-order valence-corrected chi connectivity index (χ3v) is 3.54. The van der Waals surface area contributed by atoms with Crippen LogP contribution in [0.3, 0.4) is 0 Å². The van der Waals surface area contributed by atoms with Gasteiger partial charge in [0, 0.05) is 0 Å². The first-order valence-electron chi connectivity index (χ1n) is 6.22. The summed E-state index contributed by atoms with van der Waals surface area (Å²) < 4.78 is 10.7. The highest BCUT2D eigenvalue weighted by Crippen LogP contribution is 2.37. The fourth-order valence-electron chi connectivity index (χ4n) is 2.65. The van der Waals surface area contributed by atoms with Crippen LogP contribution in [0.4, 0.5) is 0 Å². The molecule has 17 heavy (non-hydrogen) atoms. The maximum absolute atomic E-state index is 5.56. The van der Waals surface area contributed by atoms with Gasteiger partial charge in [0.1, 0.15) is 0 Å². The van der Waals surface area contributed by atoms with E-state index in [2.05, 4.69) is 12.1 Å². The van der Waals surface area contributed by atoms with Crippen molar-refractivity contribution in [3.63, 3.8) is 0 Å². The lowest BCUT2D eigenvalue weighted by Crippen LogP contribution is -2.05. The fourth-order valence-corrected chi connectivity index (χ4v) is 2.65. The van der Waals surface area contributed by atoms with E-state index in [1.165, 1.54) is 17.5 Å². The van der Waals surface area contributed by atoms with Crippen molar-refractivity contribution in [1.82, 2.24) is 0 Å². The lowest BCUT2D eigenvalue weighted by molar-refractivity contribution is 0.354. The summed E-state index contributed by atoms with van der Waals surface area (Å²) in [6.45, 7) is 0.791. The molecule has 94 valence electrons. The minimum atomic E-state index is 0.741. The molecule has 0 saturated heterocycles. The van der Waals surface area contributed by atoms with Gasteiger partial charge in [0.2, 0.25) is 0 Å². The van der Waals surface area contributed by atoms with Crippen LogP contribution in [0.1, 0.15) is 24.0 Å². The van der Waals surface area contributed by atoms with E-state index in [-0.39, 0.29) is 0 Å². The van der Waals surface area contributed by atoms with Gasteiger partial charge < -0.3 is 15.2 Å². The number of benzene rings is 1. The molecule has 0 fully saturated rings. The summed E-state index contributed by atoms with van der Waals surface area (Å²) in [5.74, 6) is 2.42. The molecule has 3 nitrogen and oxygen atoms in total. The Morgan fingerprint density at radius 2 is 1.65 bits per heavy atom.